The van der Waals surface area contributed by atoms with Gasteiger partial charge in [0.1, 0.15) is 6.10 Å². The third-order valence-electron chi connectivity index (χ3n) is 6.34. The van der Waals surface area contributed by atoms with Crippen LogP contribution in [0.2, 0.25) is 0 Å². The Morgan fingerprint density at radius 3 is 2.48 bits per heavy atom. The van der Waals surface area contributed by atoms with E-state index in [1.807, 2.05) is 21.9 Å². The van der Waals surface area contributed by atoms with Crippen LogP contribution in [0.15, 0.2) is 18.3 Å². The van der Waals surface area contributed by atoms with Gasteiger partial charge in [0.05, 0.1) is 11.2 Å². The highest BCUT2D eigenvalue weighted by atomic mass is 16.5. The molecule has 0 N–H and O–H groups in total. The van der Waals surface area contributed by atoms with E-state index in [0.29, 0.717) is 18.7 Å². The molecule has 2 amide bonds. The molecule has 1 aromatic rings. The molecule has 6 heteroatoms. The van der Waals surface area contributed by atoms with Crippen molar-refractivity contribution in [3.63, 3.8) is 0 Å². The van der Waals surface area contributed by atoms with E-state index in [2.05, 4.69) is 11.9 Å². The standard InChI is InChI=1S/C21H29N3O3/c1-2-17-6-5-16(15-22-17)19(25)24-13-9-21(10-14-24)8-7-18(27-21)20(26)23-11-3-4-12-23/h5-6,15,18H,2-4,7-14H2,1H3. The molecule has 1 atom stereocenters. The Hall–Kier alpha value is -1.95. The van der Waals surface area contributed by atoms with E-state index >= 15 is 0 Å². The van der Waals surface area contributed by atoms with Crippen molar-refractivity contribution in [2.24, 2.45) is 0 Å². The fourth-order valence-electron chi connectivity index (χ4n) is 4.56. The van der Waals surface area contributed by atoms with Crippen molar-refractivity contribution in [3.8, 4) is 0 Å². The molecular formula is C21H29N3O3. The van der Waals surface area contributed by atoms with Crippen molar-refractivity contribution in [1.29, 1.82) is 0 Å². The monoisotopic (exact) mass is 371 g/mol. The second-order valence-electron chi connectivity index (χ2n) is 8.04. The molecule has 0 aromatic carbocycles. The lowest BCUT2D eigenvalue weighted by atomic mass is 9.88. The summed E-state index contributed by atoms with van der Waals surface area (Å²) >= 11 is 0. The molecule has 1 unspecified atom stereocenters. The number of piperidine rings is 1. The van der Waals surface area contributed by atoms with Crippen LogP contribution in [0.25, 0.3) is 0 Å². The van der Waals surface area contributed by atoms with Gasteiger partial charge in [-0.25, -0.2) is 0 Å². The van der Waals surface area contributed by atoms with Crippen LogP contribution in [0.1, 0.15) is 61.5 Å². The third-order valence-corrected chi connectivity index (χ3v) is 6.34. The number of ether oxygens (including phenoxy) is 1. The number of carbonyl (C=O) groups excluding carboxylic acids is 2. The quantitative estimate of drug-likeness (QED) is 0.819. The van der Waals surface area contributed by atoms with Crippen LogP contribution in [-0.4, -0.2) is 64.5 Å². The van der Waals surface area contributed by atoms with Crippen LogP contribution < -0.4 is 0 Å². The number of likely N-dealkylation sites (tertiary alicyclic amines) is 2. The van der Waals surface area contributed by atoms with E-state index in [0.717, 1.165) is 63.7 Å². The van der Waals surface area contributed by atoms with Gasteiger partial charge in [-0.15, -0.1) is 0 Å². The highest BCUT2D eigenvalue weighted by Gasteiger charge is 2.46. The van der Waals surface area contributed by atoms with E-state index < -0.39 is 0 Å². The second-order valence-corrected chi connectivity index (χ2v) is 8.04. The Kier molecular flexibility index (Phi) is 5.17. The van der Waals surface area contributed by atoms with Crippen molar-refractivity contribution in [2.45, 2.75) is 63.6 Å². The van der Waals surface area contributed by atoms with Crippen LogP contribution in [0.5, 0.6) is 0 Å². The van der Waals surface area contributed by atoms with Crippen molar-refractivity contribution in [2.75, 3.05) is 26.2 Å². The van der Waals surface area contributed by atoms with Crippen LogP contribution in [-0.2, 0) is 16.0 Å². The van der Waals surface area contributed by atoms with Gasteiger partial charge < -0.3 is 14.5 Å². The number of nitrogens with zero attached hydrogens (tertiary/aromatic N) is 3. The number of hydrogen-bond donors (Lipinski definition) is 0. The first-order chi connectivity index (χ1) is 13.1. The van der Waals surface area contributed by atoms with Gasteiger partial charge in [-0.1, -0.05) is 6.92 Å². The fraction of sp³-hybridized carbons (Fsp3) is 0.667. The number of aromatic nitrogens is 1. The Balaban J connectivity index is 1.33. The second kappa shape index (κ2) is 7.58. The number of aryl methyl sites for hydroxylation is 1. The van der Waals surface area contributed by atoms with Gasteiger partial charge in [0, 0.05) is 38.1 Å². The summed E-state index contributed by atoms with van der Waals surface area (Å²) in [7, 11) is 0. The van der Waals surface area contributed by atoms with Crippen LogP contribution in [0.3, 0.4) is 0 Å². The largest absolute Gasteiger partial charge is 0.362 e. The minimum Gasteiger partial charge on any atom is -0.362 e. The third kappa shape index (κ3) is 3.72. The zero-order valence-electron chi connectivity index (χ0n) is 16.2. The lowest BCUT2D eigenvalue weighted by Gasteiger charge is -2.39. The van der Waals surface area contributed by atoms with Crippen molar-refractivity contribution < 1.29 is 14.3 Å². The molecule has 3 fully saturated rings. The molecule has 1 aromatic heterocycles. The van der Waals surface area contributed by atoms with Crippen molar-refractivity contribution in [1.82, 2.24) is 14.8 Å². The molecule has 4 rings (SSSR count). The molecule has 0 radical (unpaired) electrons. The SMILES string of the molecule is CCc1ccc(C(=O)N2CCC3(CCC(C(=O)N4CCCC4)O3)CC2)cn1. The van der Waals surface area contributed by atoms with Gasteiger partial charge >= 0.3 is 0 Å². The summed E-state index contributed by atoms with van der Waals surface area (Å²) in [6.45, 7) is 5.16. The van der Waals surface area contributed by atoms with Gasteiger partial charge in [-0.2, -0.15) is 0 Å². The van der Waals surface area contributed by atoms with Crippen molar-refractivity contribution >= 4 is 11.8 Å². The number of amides is 2. The molecule has 3 aliphatic heterocycles. The van der Waals surface area contributed by atoms with E-state index in [9.17, 15) is 9.59 Å². The smallest absolute Gasteiger partial charge is 0.255 e. The summed E-state index contributed by atoms with van der Waals surface area (Å²) in [6, 6.07) is 3.79. The van der Waals surface area contributed by atoms with E-state index in [-0.39, 0.29) is 23.5 Å². The molecule has 4 heterocycles. The number of pyridine rings is 1. The number of hydrogen-bond acceptors (Lipinski definition) is 4. The van der Waals surface area contributed by atoms with Gasteiger partial charge in [0.25, 0.3) is 11.8 Å². The normalized spacial score (nSPS) is 24.6. The predicted molar refractivity (Wildman–Crippen MR) is 101 cm³/mol. The van der Waals surface area contributed by atoms with E-state index in [4.69, 9.17) is 4.74 Å². The summed E-state index contributed by atoms with van der Waals surface area (Å²) < 4.78 is 6.29. The molecule has 0 aliphatic carbocycles. The zero-order chi connectivity index (χ0) is 18.9. The fourth-order valence-corrected chi connectivity index (χ4v) is 4.56. The molecular weight excluding hydrogens is 342 g/mol. The maximum Gasteiger partial charge on any atom is 0.255 e. The Morgan fingerprint density at radius 1 is 1.11 bits per heavy atom. The zero-order valence-corrected chi connectivity index (χ0v) is 16.2. The average Bonchev–Trinajstić information content (AvgIpc) is 3.38. The molecule has 146 valence electrons. The van der Waals surface area contributed by atoms with Gasteiger partial charge in [-0.05, 0) is 57.1 Å². The Bertz CT molecular complexity index is 689. The molecule has 27 heavy (non-hydrogen) atoms. The summed E-state index contributed by atoms with van der Waals surface area (Å²) in [5.41, 5.74) is 1.43. The minimum absolute atomic E-state index is 0.0442. The maximum absolute atomic E-state index is 12.7. The maximum atomic E-state index is 12.7. The van der Waals surface area contributed by atoms with Crippen LogP contribution >= 0.6 is 0 Å². The molecule has 1 spiro atoms. The van der Waals surface area contributed by atoms with Crippen LogP contribution in [0, 0.1) is 0 Å². The number of rotatable bonds is 3. The highest BCUT2D eigenvalue weighted by molar-refractivity contribution is 5.94. The lowest BCUT2D eigenvalue weighted by Crippen LogP contribution is -2.47. The molecule has 6 nitrogen and oxygen atoms in total. The lowest BCUT2D eigenvalue weighted by molar-refractivity contribution is -0.149. The van der Waals surface area contributed by atoms with Gasteiger partial charge in [0.2, 0.25) is 0 Å². The van der Waals surface area contributed by atoms with E-state index in [1.54, 1.807) is 6.20 Å². The average molecular weight is 371 g/mol. The minimum atomic E-state index is -0.281. The highest BCUT2D eigenvalue weighted by Crippen LogP contribution is 2.39. The molecule has 3 aliphatic rings. The van der Waals surface area contributed by atoms with Crippen LogP contribution in [0.4, 0.5) is 0 Å². The first kappa shape index (κ1) is 18.4. The van der Waals surface area contributed by atoms with Gasteiger partial charge in [-0.3, -0.25) is 14.6 Å². The Labute approximate surface area is 160 Å². The summed E-state index contributed by atoms with van der Waals surface area (Å²) in [5, 5.41) is 0. The first-order valence-corrected chi connectivity index (χ1v) is 10.3. The summed E-state index contributed by atoms with van der Waals surface area (Å²) in [6.07, 6.45) is 7.83. The molecule has 0 saturated carbocycles. The first-order valence-electron chi connectivity index (χ1n) is 10.3. The molecule has 0 bridgehead atoms. The predicted octanol–water partition coefficient (Wildman–Crippen LogP) is 2.42. The topological polar surface area (TPSA) is 62.7 Å². The van der Waals surface area contributed by atoms with E-state index in [1.165, 1.54) is 0 Å². The molecule has 3 saturated heterocycles. The van der Waals surface area contributed by atoms with Crippen molar-refractivity contribution in [3.05, 3.63) is 29.6 Å². The summed E-state index contributed by atoms with van der Waals surface area (Å²) in [5.74, 6) is 0.215. The summed E-state index contributed by atoms with van der Waals surface area (Å²) in [4.78, 5) is 33.5. The Morgan fingerprint density at radius 2 is 1.85 bits per heavy atom. The number of carbonyl (C=O) groups is 2. The van der Waals surface area contributed by atoms with Gasteiger partial charge in [0.15, 0.2) is 0 Å².